The molecule has 0 aromatic carbocycles. The zero-order valence-electron chi connectivity index (χ0n) is 8.12. The molecule has 0 saturated heterocycles. The molecule has 0 aliphatic heterocycles. The van der Waals surface area contributed by atoms with Gasteiger partial charge >= 0.3 is 0 Å². The molecule has 5 heteroatoms. The summed E-state index contributed by atoms with van der Waals surface area (Å²) in [6.45, 7) is 0. The van der Waals surface area contributed by atoms with Crippen LogP contribution in [0.3, 0.4) is 0 Å². The minimum absolute atomic E-state index is 0.133. The van der Waals surface area contributed by atoms with Gasteiger partial charge in [-0.05, 0) is 19.9 Å². The number of methoxy groups -OCH3 is 1. The Hall–Kier alpha value is -0.130. The second kappa shape index (κ2) is 4.39. The monoisotopic (exact) mass is 207 g/mol. The average molecular weight is 207 g/mol. The molecule has 1 aliphatic carbocycles. The highest BCUT2D eigenvalue weighted by molar-refractivity contribution is 7.90. The molecule has 1 aliphatic rings. The van der Waals surface area contributed by atoms with Gasteiger partial charge in [0.1, 0.15) is 5.25 Å². The molecule has 0 heterocycles. The van der Waals surface area contributed by atoms with Crippen LogP contribution in [0.2, 0.25) is 0 Å². The van der Waals surface area contributed by atoms with Crippen LogP contribution in [-0.2, 0) is 14.8 Å². The van der Waals surface area contributed by atoms with Crippen LogP contribution in [0.25, 0.3) is 0 Å². The van der Waals surface area contributed by atoms with Crippen LogP contribution in [0.5, 0.6) is 0 Å². The SMILES string of the molecule is CNS(=O)(=O)C1CCCCC1OC. The van der Waals surface area contributed by atoms with Crippen LogP contribution in [0.1, 0.15) is 25.7 Å². The Kier molecular flexibility index (Phi) is 3.70. The van der Waals surface area contributed by atoms with E-state index in [0.29, 0.717) is 6.42 Å². The van der Waals surface area contributed by atoms with Crippen molar-refractivity contribution >= 4 is 10.0 Å². The van der Waals surface area contributed by atoms with Crippen molar-refractivity contribution < 1.29 is 13.2 Å². The summed E-state index contributed by atoms with van der Waals surface area (Å²) in [6.07, 6.45) is 3.47. The Balaban J connectivity index is 2.75. The summed E-state index contributed by atoms with van der Waals surface area (Å²) < 4.78 is 30.6. The van der Waals surface area contributed by atoms with Crippen molar-refractivity contribution in [1.82, 2.24) is 4.72 Å². The van der Waals surface area contributed by atoms with Gasteiger partial charge < -0.3 is 4.74 Å². The van der Waals surface area contributed by atoms with Gasteiger partial charge in [-0.15, -0.1) is 0 Å². The van der Waals surface area contributed by atoms with Gasteiger partial charge in [0.25, 0.3) is 0 Å². The molecule has 1 N–H and O–H groups in total. The van der Waals surface area contributed by atoms with Crippen LogP contribution in [0.15, 0.2) is 0 Å². The van der Waals surface area contributed by atoms with Crippen LogP contribution >= 0.6 is 0 Å². The van der Waals surface area contributed by atoms with Gasteiger partial charge in [0.05, 0.1) is 6.10 Å². The van der Waals surface area contributed by atoms with E-state index < -0.39 is 10.0 Å². The summed E-state index contributed by atoms with van der Waals surface area (Å²) in [4.78, 5) is 0. The van der Waals surface area contributed by atoms with Crippen LogP contribution in [0.4, 0.5) is 0 Å². The van der Waals surface area contributed by atoms with Gasteiger partial charge in [0.2, 0.25) is 10.0 Å². The number of hydrogen-bond donors (Lipinski definition) is 1. The summed E-state index contributed by atoms with van der Waals surface area (Å²) in [5.41, 5.74) is 0. The Morgan fingerprint density at radius 2 is 1.92 bits per heavy atom. The zero-order valence-corrected chi connectivity index (χ0v) is 8.93. The molecule has 78 valence electrons. The second-order valence-corrected chi connectivity index (χ2v) is 5.45. The lowest BCUT2D eigenvalue weighted by Gasteiger charge is -2.29. The van der Waals surface area contributed by atoms with Gasteiger partial charge in [-0.1, -0.05) is 12.8 Å². The summed E-state index contributed by atoms with van der Waals surface area (Å²) in [5, 5.41) is -0.365. The third-order valence-electron chi connectivity index (χ3n) is 2.63. The van der Waals surface area contributed by atoms with Crippen LogP contribution in [0, 0.1) is 0 Å². The number of ether oxygens (including phenoxy) is 1. The standard InChI is InChI=1S/C8H17NO3S/c1-9-13(10,11)8-6-4-3-5-7(8)12-2/h7-9H,3-6H2,1-2H3. The first-order chi connectivity index (χ1) is 6.11. The van der Waals surface area contributed by atoms with Crippen molar-refractivity contribution in [2.24, 2.45) is 0 Å². The largest absolute Gasteiger partial charge is 0.380 e. The van der Waals surface area contributed by atoms with Gasteiger partial charge in [0.15, 0.2) is 0 Å². The van der Waals surface area contributed by atoms with E-state index in [4.69, 9.17) is 4.74 Å². The first-order valence-corrected chi connectivity index (χ1v) is 6.11. The summed E-state index contributed by atoms with van der Waals surface area (Å²) in [5.74, 6) is 0. The quantitative estimate of drug-likeness (QED) is 0.733. The molecule has 1 fully saturated rings. The lowest BCUT2D eigenvalue weighted by Crippen LogP contribution is -2.43. The lowest BCUT2D eigenvalue weighted by atomic mass is 9.97. The van der Waals surface area contributed by atoms with Crippen molar-refractivity contribution in [2.75, 3.05) is 14.2 Å². The van der Waals surface area contributed by atoms with Crippen LogP contribution in [-0.4, -0.2) is 33.9 Å². The molecule has 13 heavy (non-hydrogen) atoms. The maximum atomic E-state index is 11.5. The van der Waals surface area contributed by atoms with E-state index in [2.05, 4.69) is 4.72 Å². The molecule has 0 spiro atoms. The maximum absolute atomic E-state index is 11.5. The average Bonchev–Trinajstić information content (AvgIpc) is 2.18. The van der Waals surface area contributed by atoms with E-state index in [-0.39, 0.29) is 11.4 Å². The fraction of sp³-hybridized carbons (Fsp3) is 1.00. The highest BCUT2D eigenvalue weighted by Gasteiger charge is 2.34. The first kappa shape index (κ1) is 10.9. The molecule has 0 radical (unpaired) electrons. The molecule has 1 rings (SSSR count). The molecule has 0 aromatic rings. The number of rotatable bonds is 3. The number of hydrogen-bond acceptors (Lipinski definition) is 3. The van der Waals surface area contributed by atoms with E-state index in [0.717, 1.165) is 19.3 Å². The molecular formula is C8H17NO3S. The zero-order chi connectivity index (χ0) is 9.90. The predicted molar refractivity (Wildman–Crippen MR) is 51.0 cm³/mol. The Morgan fingerprint density at radius 3 is 2.46 bits per heavy atom. The second-order valence-electron chi connectivity index (χ2n) is 3.35. The molecular weight excluding hydrogens is 190 g/mol. The molecule has 2 unspecified atom stereocenters. The molecule has 0 amide bonds. The van der Waals surface area contributed by atoms with Gasteiger partial charge in [-0.3, -0.25) is 0 Å². The minimum atomic E-state index is -3.16. The molecule has 4 nitrogen and oxygen atoms in total. The van der Waals surface area contributed by atoms with Gasteiger partial charge in [-0.25, -0.2) is 13.1 Å². The highest BCUT2D eigenvalue weighted by Crippen LogP contribution is 2.25. The normalized spacial score (nSPS) is 30.3. The smallest absolute Gasteiger partial charge is 0.216 e. The van der Waals surface area contributed by atoms with E-state index >= 15 is 0 Å². The molecule has 0 aromatic heterocycles. The van der Waals surface area contributed by atoms with E-state index in [1.165, 1.54) is 7.05 Å². The Bertz CT molecular complexity index is 250. The first-order valence-electron chi connectivity index (χ1n) is 4.57. The predicted octanol–water partition coefficient (Wildman–Crippen LogP) is 0.493. The summed E-state index contributed by atoms with van der Waals surface area (Å²) in [7, 11) is -0.125. The van der Waals surface area contributed by atoms with E-state index in [9.17, 15) is 8.42 Å². The van der Waals surface area contributed by atoms with E-state index in [1.807, 2.05) is 0 Å². The van der Waals surface area contributed by atoms with Crippen molar-refractivity contribution in [1.29, 1.82) is 0 Å². The van der Waals surface area contributed by atoms with E-state index in [1.54, 1.807) is 7.11 Å². The summed E-state index contributed by atoms with van der Waals surface area (Å²) in [6, 6.07) is 0. The van der Waals surface area contributed by atoms with Gasteiger partial charge in [0, 0.05) is 7.11 Å². The fourth-order valence-corrected chi connectivity index (χ4v) is 3.27. The van der Waals surface area contributed by atoms with Crippen molar-refractivity contribution in [2.45, 2.75) is 37.0 Å². The Labute approximate surface area is 79.7 Å². The molecule has 2 atom stereocenters. The van der Waals surface area contributed by atoms with Crippen molar-refractivity contribution in [3.8, 4) is 0 Å². The highest BCUT2D eigenvalue weighted by atomic mass is 32.2. The van der Waals surface area contributed by atoms with Crippen molar-refractivity contribution in [3.63, 3.8) is 0 Å². The number of nitrogens with one attached hydrogen (secondary N) is 1. The lowest BCUT2D eigenvalue weighted by molar-refractivity contribution is 0.0735. The fourth-order valence-electron chi connectivity index (χ4n) is 1.84. The van der Waals surface area contributed by atoms with Gasteiger partial charge in [-0.2, -0.15) is 0 Å². The minimum Gasteiger partial charge on any atom is -0.380 e. The summed E-state index contributed by atoms with van der Waals surface area (Å²) >= 11 is 0. The number of sulfonamides is 1. The third-order valence-corrected chi connectivity index (χ3v) is 4.53. The van der Waals surface area contributed by atoms with Crippen LogP contribution < -0.4 is 4.72 Å². The van der Waals surface area contributed by atoms with Crippen molar-refractivity contribution in [3.05, 3.63) is 0 Å². The molecule has 1 saturated carbocycles. The maximum Gasteiger partial charge on any atom is 0.216 e. The topological polar surface area (TPSA) is 55.4 Å². The molecule has 0 bridgehead atoms. The Morgan fingerprint density at radius 1 is 1.31 bits per heavy atom. The third kappa shape index (κ3) is 2.42.